The molecular weight excluding hydrogens is 920 g/mol. The number of rotatable bonds is 5. The molecule has 4 heteroatoms. The zero-order chi connectivity index (χ0) is 50.0. The zero-order valence-electron chi connectivity index (χ0n) is 44.3. The van der Waals surface area contributed by atoms with E-state index in [2.05, 4.69) is 188 Å². The average molecular weight is 985 g/mol. The van der Waals surface area contributed by atoms with Crippen molar-refractivity contribution >= 4 is 78.6 Å². The Labute approximate surface area is 447 Å². The van der Waals surface area contributed by atoms with Gasteiger partial charge in [-0.2, -0.15) is 0 Å². The molecule has 8 aliphatic carbocycles. The molecule has 0 spiro atoms. The predicted molar refractivity (Wildman–Crippen MR) is 317 cm³/mol. The molecule has 10 aliphatic rings. The predicted octanol–water partition coefficient (Wildman–Crippen LogP) is 17.7. The fraction of sp³-hybridized carbons (Fsp3) is 0.333. The van der Waals surface area contributed by atoms with E-state index in [1.54, 1.807) is 11.1 Å². The van der Waals surface area contributed by atoms with Gasteiger partial charge in [-0.15, -0.1) is 0 Å². The van der Waals surface area contributed by atoms with E-state index >= 15 is 0 Å². The highest BCUT2D eigenvalue weighted by Crippen LogP contribution is 2.64. The van der Waals surface area contributed by atoms with Crippen LogP contribution in [-0.4, -0.2) is 11.3 Å². The molecule has 4 heterocycles. The minimum Gasteiger partial charge on any atom is -0.466 e. The SMILES string of the molecule is CC(C)(C)c1ccc(N2c3cc(-c4ccccc4)cc4c3B(c3oc5ccc6ccccc6c5c32)n2c3ccc(C56CC7CC(CC(C7)C5)C6)cc3c3cc(C56CC7CC(CC(C7)C5)C6)cc-4c32)c(-c2ccccc2)c1. The number of fused-ring (bicyclic) bond motifs is 11. The lowest BCUT2D eigenvalue weighted by atomic mass is 9.46. The smallest absolute Gasteiger partial charge is 0.375 e. The van der Waals surface area contributed by atoms with Gasteiger partial charge in [0, 0.05) is 38.6 Å². The number of benzene rings is 8. The largest absolute Gasteiger partial charge is 0.466 e. The van der Waals surface area contributed by atoms with Gasteiger partial charge in [0.1, 0.15) is 11.2 Å². The molecule has 8 saturated carbocycles. The highest BCUT2D eigenvalue weighted by Gasteiger charge is 2.55. The van der Waals surface area contributed by atoms with Gasteiger partial charge in [0.15, 0.2) is 0 Å². The molecule has 76 heavy (non-hydrogen) atoms. The quantitative estimate of drug-likeness (QED) is 0.160. The van der Waals surface area contributed by atoms with E-state index < -0.39 is 0 Å². The summed E-state index contributed by atoms with van der Waals surface area (Å²) in [6, 6.07) is 62.0. The Bertz CT molecular complexity index is 4060. The normalized spacial score (nSPS) is 27.4. The zero-order valence-corrected chi connectivity index (χ0v) is 44.3. The first kappa shape index (κ1) is 43.3. The first-order chi connectivity index (χ1) is 37.1. The van der Waals surface area contributed by atoms with Crippen LogP contribution in [0.4, 0.5) is 17.1 Å². The van der Waals surface area contributed by atoms with E-state index in [4.69, 9.17) is 4.42 Å². The van der Waals surface area contributed by atoms with E-state index in [1.165, 1.54) is 171 Å². The van der Waals surface area contributed by atoms with Gasteiger partial charge in [-0.05, 0) is 239 Å². The number of furan rings is 1. The van der Waals surface area contributed by atoms with Crippen LogP contribution >= 0.6 is 0 Å². The van der Waals surface area contributed by atoms with E-state index in [9.17, 15) is 0 Å². The summed E-state index contributed by atoms with van der Waals surface area (Å²) in [5, 5.41) is 6.57. The summed E-state index contributed by atoms with van der Waals surface area (Å²) in [5.74, 6) is 5.27. The van der Waals surface area contributed by atoms with Crippen LogP contribution in [0.1, 0.15) is 115 Å². The molecule has 0 atom stereocenters. The molecule has 0 N–H and O–H groups in total. The van der Waals surface area contributed by atoms with Crippen molar-refractivity contribution in [2.24, 2.45) is 35.5 Å². The molecule has 2 aromatic heterocycles. The van der Waals surface area contributed by atoms with Crippen molar-refractivity contribution in [1.82, 2.24) is 4.48 Å². The summed E-state index contributed by atoms with van der Waals surface area (Å²) in [6.07, 6.45) is 16.9. The minimum absolute atomic E-state index is 0.0420. The lowest BCUT2D eigenvalue weighted by Gasteiger charge is -2.57. The lowest BCUT2D eigenvalue weighted by molar-refractivity contribution is -0.00527. The van der Waals surface area contributed by atoms with E-state index in [0.29, 0.717) is 5.41 Å². The monoisotopic (exact) mass is 985 g/mol. The van der Waals surface area contributed by atoms with Crippen molar-refractivity contribution in [2.75, 3.05) is 4.90 Å². The van der Waals surface area contributed by atoms with Crippen LogP contribution in [0.15, 0.2) is 162 Å². The van der Waals surface area contributed by atoms with Gasteiger partial charge in [0.05, 0.1) is 16.8 Å². The van der Waals surface area contributed by atoms with E-state index in [-0.39, 0.29) is 17.7 Å². The second-order valence-electron chi connectivity index (χ2n) is 27.3. The molecule has 0 saturated heterocycles. The number of aromatic nitrogens is 1. The Morgan fingerprint density at radius 1 is 0.487 bits per heavy atom. The Kier molecular flexibility index (Phi) is 8.57. The molecule has 0 radical (unpaired) electrons. The van der Waals surface area contributed by atoms with Crippen LogP contribution in [0.5, 0.6) is 0 Å². The molecule has 8 fully saturated rings. The van der Waals surface area contributed by atoms with E-state index in [0.717, 1.165) is 52.4 Å². The third-order valence-electron chi connectivity index (χ3n) is 21.8. The maximum absolute atomic E-state index is 7.72. The Morgan fingerprint density at radius 2 is 1.11 bits per heavy atom. The summed E-state index contributed by atoms with van der Waals surface area (Å²) < 4.78 is 10.5. The number of hydrogen-bond acceptors (Lipinski definition) is 2. The van der Waals surface area contributed by atoms with Crippen molar-refractivity contribution < 1.29 is 4.42 Å². The van der Waals surface area contributed by atoms with Gasteiger partial charge >= 0.3 is 6.85 Å². The molecule has 10 aromatic rings. The van der Waals surface area contributed by atoms with Gasteiger partial charge in [0.2, 0.25) is 0 Å². The summed E-state index contributed by atoms with van der Waals surface area (Å²) in [5.41, 5.74) is 22.5. The standard InChI is InChI=1S/C72H65BN2O/c1-70(2,3)52-19-21-61(56(32-52)49-14-8-5-9-15-49)74-63-31-51(48-12-6-4-7-13-48)30-58-60-35-54(72-39-45-27-46(40-72)29-47(28-45)41-72)34-59-57-33-53(71-36-42-24-43(37-71)26-44(25-42)38-71)20-22-62(57)75(67(59)60)73(66(58)63)69-68(74)65-55-17-11-10-16-50(55)18-23-64(65)76-69/h4-23,30-35,42-47H,24-29,36-41H2,1-3H3. The summed E-state index contributed by atoms with van der Waals surface area (Å²) >= 11 is 0. The summed E-state index contributed by atoms with van der Waals surface area (Å²) in [6.45, 7) is 6.85. The van der Waals surface area contributed by atoms with Gasteiger partial charge in [-0.3, -0.25) is 0 Å². The van der Waals surface area contributed by atoms with Gasteiger partial charge < -0.3 is 13.8 Å². The molecule has 8 aromatic carbocycles. The van der Waals surface area contributed by atoms with Crippen LogP contribution in [0.3, 0.4) is 0 Å². The summed E-state index contributed by atoms with van der Waals surface area (Å²) in [4.78, 5) is 2.67. The fourth-order valence-corrected chi connectivity index (χ4v) is 19.4. The molecule has 20 rings (SSSR count). The van der Waals surface area contributed by atoms with Crippen molar-refractivity contribution in [2.45, 2.75) is 114 Å². The van der Waals surface area contributed by atoms with Crippen LogP contribution in [0.2, 0.25) is 0 Å². The molecule has 2 aliphatic heterocycles. The fourth-order valence-electron chi connectivity index (χ4n) is 19.4. The first-order valence-electron chi connectivity index (χ1n) is 29.4. The molecular formula is C72H65BN2O. The van der Waals surface area contributed by atoms with Crippen molar-refractivity contribution in [1.29, 1.82) is 0 Å². The maximum atomic E-state index is 7.72. The van der Waals surface area contributed by atoms with Crippen LogP contribution in [0.25, 0.3) is 76.9 Å². The molecule has 3 nitrogen and oxygen atoms in total. The van der Waals surface area contributed by atoms with Crippen molar-refractivity contribution in [3.63, 3.8) is 0 Å². The molecule has 0 unspecified atom stereocenters. The molecule has 372 valence electrons. The minimum atomic E-state index is -0.190. The van der Waals surface area contributed by atoms with Crippen molar-refractivity contribution in [3.8, 4) is 33.4 Å². The van der Waals surface area contributed by atoms with Gasteiger partial charge in [-0.1, -0.05) is 124 Å². The summed E-state index contributed by atoms with van der Waals surface area (Å²) in [7, 11) is 0. The van der Waals surface area contributed by atoms with E-state index in [1.807, 2.05) is 0 Å². The molecule has 0 amide bonds. The van der Waals surface area contributed by atoms with Gasteiger partial charge in [0.25, 0.3) is 0 Å². The highest BCUT2D eigenvalue weighted by atomic mass is 16.3. The second-order valence-corrected chi connectivity index (χ2v) is 27.3. The molecule has 8 bridgehead atoms. The Hall–Kier alpha value is -6.78. The number of nitrogens with zero attached hydrogens (tertiary/aromatic N) is 2. The van der Waals surface area contributed by atoms with Crippen LogP contribution in [-0.2, 0) is 16.2 Å². The third-order valence-corrected chi connectivity index (χ3v) is 21.8. The third kappa shape index (κ3) is 5.92. The van der Waals surface area contributed by atoms with Crippen LogP contribution < -0.4 is 16.0 Å². The maximum Gasteiger partial charge on any atom is 0.375 e. The average Bonchev–Trinajstić information content (AvgIpc) is 4.12. The van der Waals surface area contributed by atoms with Gasteiger partial charge in [-0.25, -0.2) is 0 Å². The highest BCUT2D eigenvalue weighted by molar-refractivity contribution is 6.89. The van der Waals surface area contributed by atoms with Crippen molar-refractivity contribution in [3.05, 3.63) is 174 Å². The number of anilines is 3. The Morgan fingerprint density at radius 3 is 1.78 bits per heavy atom. The Balaban J connectivity index is 0.987. The number of hydrogen-bond donors (Lipinski definition) is 0. The topological polar surface area (TPSA) is 21.3 Å². The first-order valence-corrected chi connectivity index (χ1v) is 29.4. The van der Waals surface area contributed by atoms with Crippen LogP contribution in [0, 0.1) is 35.5 Å². The second kappa shape index (κ2) is 15.0. The lowest BCUT2D eigenvalue weighted by Crippen LogP contribution is -2.56.